The molecule has 0 aromatic carbocycles. The van der Waals surface area contributed by atoms with Crippen LogP contribution in [0.4, 0.5) is 0 Å². The molecule has 2 bridgehead atoms. The van der Waals surface area contributed by atoms with Gasteiger partial charge in [0.1, 0.15) is 6.54 Å². The number of ether oxygens (including phenoxy) is 2. The van der Waals surface area contributed by atoms with Crippen LogP contribution < -0.4 is 10.1 Å². The molecule has 3 amide bonds. The van der Waals surface area contributed by atoms with Crippen LogP contribution in [-0.2, 0) is 25.7 Å². The van der Waals surface area contributed by atoms with Gasteiger partial charge in [-0.05, 0) is 25.8 Å². The van der Waals surface area contributed by atoms with Gasteiger partial charge in [-0.15, -0.1) is 0 Å². The van der Waals surface area contributed by atoms with E-state index in [0.717, 1.165) is 23.3 Å². The van der Waals surface area contributed by atoms with Crippen molar-refractivity contribution in [2.24, 2.45) is 11.8 Å². The number of carbonyl (C=O) groups excluding carboxylic acids is 3. The number of hydrogen-bond donors (Lipinski definition) is 1. The number of nitrogens with zero attached hydrogens (tertiary/aromatic N) is 2. The minimum absolute atomic E-state index is 0.168. The Bertz CT molecular complexity index is 724. The van der Waals surface area contributed by atoms with Crippen LogP contribution in [0, 0.1) is 11.8 Å². The highest BCUT2D eigenvalue weighted by Gasteiger charge is 2.62. The summed E-state index contributed by atoms with van der Waals surface area (Å²) in [6.07, 6.45) is 2.91. The van der Waals surface area contributed by atoms with Crippen LogP contribution in [0.5, 0.6) is 5.88 Å². The van der Waals surface area contributed by atoms with E-state index in [-0.39, 0.29) is 43.0 Å². The van der Waals surface area contributed by atoms with Crippen molar-refractivity contribution in [3.63, 3.8) is 0 Å². The number of pyridine rings is 1. The Morgan fingerprint density at radius 3 is 2.65 bits per heavy atom. The van der Waals surface area contributed by atoms with Crippen molar-refractivity contribution in [3.05, 3.63) is 23.9 Å². The SMILES string of the molecule is CCOc1ncccc1CNC(=O)CN1C(=O)[C@@H]2[C@H](C1=O)[C@H]1CC[C@H]2O1. The first kappa shape index (κ1) is 17.0. The third kappa shape index (κ3) is 2.74. The molecule has 4 rings (SSSR count). The zero-order valence-electron chi connectivity index (χ0n) is 14.5. The summed E-state index contributed by atoms with van der Waals surface area (Å²) in [5.41, 5.74) is 0.741. The van der Waals surface area contributed by atoms with Gasteiger partial charge in [-0.3, -0.25) is 19.3 Å². The summed E-state index contributed by atoms with van der Waals surface area (Å²) in [6.45, 7) is 2.30. The van der Waals surface area contributed by atoms with E-state index in [0.29, 0.717) is 12.5 Å². The van der Waals surface area contributed by atoms with E-state index >= 15 is 0 Å². The first-order valence-electron chi connectivity index (χ1n) is 8.94. The molecule has 138 valence electrons. The molecule has 8 heteroatoms. The normalized spacial score (nSPS) is 29.2. The smallest absolute Gasteiger partial charge is 0.240 e. The van der Waals surface area contributed by atoms with Crippen LogP contribution in [-0.4, -0.2) is 53.0 Å². The second-order valence-corrected chi connectivity index (χ2v) is 6.78. The fourth-order valence-corrected chi connectivity index (χ4v) is 4.15. The second-order valence-electron chi connectivity index (χ2n) is 6.78. The molecule has 0 saturated carbocycles. The molecule has 26 heavy (non-hydrogen) atoms. The van der Waals surface area contributed by atoms with E-state index < -0.39 is 11.8 Å². The third-order valence-corrected chi connectivity index (χ3v) is 5.28. The molecule has 0 unspecified atom stereocenters. The standard InChI is InChI=1S/C18H21N3O5/c1-2-25-16-10(4-3-7-19-16)8-20-13(22)9-21-17(23)14-11-5-6-12(26-11)15(14)18(21)24/h3-4,7,11-12,14-15H,2,5-6,8-9H2,1H3,(H,20,22)/t11-,12-,14-,15+/m1/s1. The van der Waals surface area contributed by atoms with Crippen molar-refractivity contribution >= 4 is 17.7 Å². The van der Waals surface area contributed by atoms with E-state index in [1.54, 1.807) is 12.3 Å². The quantitative estimate of drug-likeness (QED) is 0.732. The van der Waals surface area contributed by atoms with Crippen molar-refractivity contribution in [2.45, 2.75) is 38.5 Å². The van der Waals surface area contributed by atoms with Gasteiger partial charge in [-0.25, -0.2) is 4.98 Å². The molecule has 3 aliphatic heterocycles. The summed E-state index contributed by atoms with van der Waals surface area (Å²) in [6, 6.07) is 3.57. The number of imide groups is 1. The Balaban J connectivity index is 1.37. The molecular weight excluding hydrogens is 338 g/mol. The average molecular weight is 359 g/mol. The Kier molecular flexibility index (Phi) is 4.36. The Labute approximate surface area is 150 Å². The summed E-state index contributed by atoms with van der Waals surface area (Å²) in [4.78, 5) is 42.6. The first-order valence-corrected chi connectivity index (χ1v) is 8.94. The van der Waals surface area contributed by atoms with Gasteiger partial charge >= 0.3 is 0 Å². The van der Waals surface area contributed by atoms with Crippen LogP contribution in [0.1, 0.15) is 25.3 Å². The van der Waals surface area contributed by atoms with Gasteiger partial charge in [-0.2, -0.15) is 0 Å². The Morgan fingerprint density at radius 2 is 2.00 bits per heavy atom. The maximum Gasteiger partial charge on any atom is 0.240 e. The van der Waals surface area contributed by atoms with E-state index in [2.05, 4.69) is 10.3 Å². The second kappa shape index (κ2) is 6.68. The van der Waals surface area contributed by atoms with E-state index in [4.69, 9.17) is 9.47 Å². The van der Waals surface area contributed by atoms with Crippen LogP contribution >= 0.6 is 0 Å². The molecule has 3 aliphatic rings. The van der Waals surface area contributed by atoms with Crippen molar-refractivity contribution in [1.82, 2.24) is 15.2 Å². The Hall–Kier alpha value is -2.48. The third-order valence-electron chi connectivity index (χ3n) is 5.28. The van der Waals surface area contributed by atoms with Gasteiger partial charge in [0.15, 0.2) is 0 Å². The lowest BCUT2D eigenvalue weighted by molar-refractivity contribution is -0.146. The maximum atomic E-state index is 12.6. The van der Waals surface area contributed by atoms with Gasteiger partial charge in [0.25, 0.3) is 0 Å². The van der Waals surface area contributed by atoms with Gasteiger partial charge in [0, 0.05) is 18.3 Å². The van der Waals surface area contributed by atoms with Crippen molar-refractivity contribution in [3.8, 4) is 5.88 Å². The van der Waals surface area contributed by atoms with Gasteiger partial charge in [0.05, 0.1) is 30.7 Å². The highest BCUT2D eigenvalue weighted by atomic mass is 16.5. The molecule has 3 saturated heterocycles. The lowest BCUT2D eigenvalue weighted by atomic mass is 9.81. The monoisotopic (exact) mass is 359 g/mol. The zero-order chi connectivity index (χ0) is 18.3. The lowest BCUT2D eigenvalue weighted by Gasteiger charge is -2.17. The molecule has 1 N–H and O–H groups in total. The number of rotatable bonds is 6. The minimum atomic E-state index is -0.406. The zero-order valence-corrected chi connectivity index (χ0v) is 14.5. The predicted molar refractivity (Wildman–Crippen MR) is 88.8 cm³/mol. The number of likely N-dealkylation sites (tertiary alicyclic amines) is 1. The molecular formula is C18H21N3O5. The summed E-state index contributed by atoms with van der Waals surface area (Å²) in [5.74, 6) is -1.29. The highest BCUT2D eigenvalue weighted by Crippen LogP contribution is 2.48. The Morgan fingerprint density at radius 1 is 1.31 bits per heavy atom. The summed E-state index contributed by atoms with van der Waals surface area (Å²) in [5, 5.41) is 2.73. The average Bonchev–Trinajstić information content (AvgIpc) is 3.31. The topological polar surface area (TPSA) is 97.8 Å². The molecule has 0 radical (unpaired) electrons. The van der Waals surface area contributed by atoms with Crippen LogP contribution in [0.25, 0.3) is 0 Å². The molecule has 8 nitrogen and oxygen atoms in total. The summed E-state index contributed by atoms with van der Waals surface area (Å²) < 4.78 is 11.1. The maximum absolute atomic E-state index is 12.6. The number of aromatic nitrogens is 1. The van der Waals surface area contributed by atoms with Crippen molar-refractivity contribution in [1.29, 1.82) is 0 Å². The summed E-state index contributed by atoms with van der Waals surface area (Å²) >= 11 is 0. The van der Waals surface area contributed by atoms with Crippen molar-refractivity contribution in [2.75, 3.05) is 13.2 Å². The van der Waals surface area contributed by atoms with Crippen LogP contribution in [0.2, 0.25) is 0 Å². The fraction of sp³-hybridized carbons (Fsp3) is 0.556. The van der Waals surface area contributed by atoms with Gasteiger partial charge in [-0.1, -0.05) is 6.07 Å². The molecule has 1 aromatic rings. The van der Waals surface area contributed by atoms with Gasteiger partial charge in [0.2, 0.25) is 23.6 Å². The highest BCUT2D eigenvalue weighted by molar-refractivity contribution is 6.08. The largest absolute Gasteiger partial charge is 0.478 e. The van der Waals surface area contributed by atoms with E-state index in [1.165, 1.54) is 0 Å². The molecule has 4 atom stereocenters. The number of carbonyl (C=O) groups is 3. The molecule has 4 heterocycles. The minimum Gasteiger partial charge on any atom is -0.478 e. The lowest BCUT2D eigenvalue weighted by Crippen LogP contribution is -2.42. The molecule has 3 fully saturated rings. The van der Waals surface area contributed by atoms with E-state index in [1.807, 2.05) is 13.0 Å². The number of nitrogens with one attached hydrogen (secondary N) is 1. The molecule has 0 spiro atoms. The number of amides is 3. The fourth-order valence-electron chi connectivity index (χ4n) is 4.15. The van der Waals surface area contributed by atoms with Gasteiger partial charge < -0.3 is 14.8 Å². The number of fused-ring (bicyclic) bond motifs is 5. The predicted octanol–water partition coefficient (Wildman–Crippen LogP) is 0.259. The molecule has 1 aromatic heterocycles. The first-order chi connectivity index (χ1) is 12.6. The van der Waals surface area contributed by atoms with Crippen LogP contribution in [0.3, 0.4) is 0 Å². The summed E-state index contributed by atoms with van der Waals surface area (Å²) in [7, 11) is 0. The van der Waals surface area contributed by atoms with E-state index in [9.17, 15) is 14.4 Å². The van der Waals surface area contributed by atoms with Crippen LogP contribution in [0.15, 0.2) is 18.3 Å². The van der Waals surface area contributed by atoms with Crippen molar-refractivity contribution < 1.29 is 23.9 Å². The molecule has 0 aliphatic carbocycles. The number of hydrogen-bond acceptors (Lipinski definition) is 6.